The molecule has 1 aliphatic heterocycles. The van der Waals surface area contributed by atoms with Crippen molar-refractivity contribution in [1.82, 2.24) is 9.78 Å². The molecule has 110 valence electrons. The van der Waals surface area contributed by atoms with E-state index in [1.165, 1.54) is 6.20 Å². The summed E-state index contributed by atoms with van der Waals surface area (Å²) in [5.41, 5.74) is 0.550. The second-order valence-corrected chi connectivity index (χ2v) is 4.50. The lowest BCUT2D eigenvalue weighted by molar-refractivity contribution is -0.150. The molecule has 2 atom stereocenters. The zero-order chi connectivity index (χ0) is 14.5. The molecular weight excluding hydrogens is 266 g/mol. The second kappa shape index (κ2) is 6.49. The summed E-state index contributed by atoms with van der Waals surface area (Å²) in [6.07, 6.45) is 2.34. The highest BCUT2D eigenvalue weighted by Crippen LogP contribution is 2.21. The van der Waals surface area contributed by atoms with E-state index >= 15 is 0 Å². The Balaban J connectivity index is 1.85. The van der Waals surface area contributed by atoms with Crippen molar-refractivity contribution >= 4 is 17.6 Å². The van der Waals surface area contributed by atoms with Gasteiger partial charge in [-0.15, -0.1) is 0 Å². The third-order valence-electron chi connectivity index (χ3n) is 3.01. The number of nitrogens with zero attached hydrogens (tertiary/aromatic N) is 2. The summed E-state index contributed by atoms with van der Waals surface area (Å²) >= 11 is 0. The zero-order valence-corrected chi connectivity index (χ0v) is 11.1. The summed E-state index contributed by atoms with van der Waals surface area (Å²) in [7, 11) is 1.60. The Morgan fingerprint density at radius 3 is 2.95 bits per heavy atom. The maximum atomic E-state index is 11.9. The van der Waals surface area contributed by atoms with E-state index in [1.807, 2.05) is 0 Å². The highest BCUT2D eigenvalue weighted by molar-refractivity contribution is 5.94. The van der Waals surface area contributed by atoms with E-state index in [-0.39, 0.29) is 5.91 Å². The molecule has 1 fully saturated rings. The van der Waals surface area contributed by atoms with Gasteiger partial charge in [0, 0.05) is 13.3 Å². The lowest BCUT2D eigenvalue weighted by Crippen LogP contribution is -2.29. The van der Waals surface area contributed by atoms with Crippen molar-refractivity contribution in [3.8, 4) is 0 Å². The van der Waals surface area contributed by atoms with Crippen molar-refractivity contribution < 1.29 is 24.2 Å². The molecule has 1 aromatic rings. The topological polar surface area (TPSA) is 103 Å². The number of carbonyl (C=O) groups is 2. The van der Waals surface area contributed by atoms with Crippen molar-refractivity contribution in [2.45, 2.75) is 31.6 Å². The fourth-order valence-electron chi connectivity index (χ4n) is 1.97. The van der Waals surface area contributed by atoms with Crippen molar-refractivity contribution in [1.29, 1.82) is 0 Å². The minimum atomic E-state index is -1.03. The first-order valence-corrected chi connectivity index (χ1v) is 6.30. The Bertz CT molecular complexity index is 487. The van der Waals surface area contributed by atoms with Gasteiger partial charge in [0.2, 0.25) is 0 Å². The monoisotopic (exact) mass is 283 g/mol. The van der Waals surface area contributed by atoms with Gasteiger partial charge in [-0.1, -0.05) is 0 Å². The first-order chi connectivity index (χ1) is 9.60. The average Bonchev–Trinajstić information content (AvgIpc) is 3.05. The molecule has 20 heavy (non-hydrogen) atoms. The van der Waals surface area contributed by atoms with Gasteiger partial charge < -0.3 is 19.9 Å². The molecule has 0 aromatic carbocycles. The minimum absolute atomic E-state index is 0.347. The van der Waals surface area contributed by atoms with Crippen LogP contribution in [0.3, 0.4) is 0 Å². The highest BCUT2D eigenvalue weighted by atomic mass is 16.5. The molecule has 1 saturated heterocycles. The molecule has 2 unspecified atom stereocenters. The van der Waals surface area contributed by atoms with Gasteiger partial charge in [-0.2, -0.15) is 5.10 Å². The van der Waals surface area contributed by atoms with E-state index in [0.717, 1.165) is 0 Å². The number of carboxylic acid groups (broad SMARTS) is 1. The molecule has 0 spiro atoms. The SMILES string of the molecule is COCCn1cc(NC(=O)C2CCC(C(=O)O)O2)cn1. The predicted molar refractivity (Wildman–Crippen MR) is 68.3 cm³/mol. The van der Waals surface area contributed by atoms with Crippen LogP contribution in [0, 0.1) is 0 Å². The molecule has 0 bridgehead atoms. The molecule has 2 rings (SSSR count). The van der Waals surface area contributed by atoms with E-state index in [0.29, 0.717) is 31.7 Å². The van der Waals surface area contributed by atoms with Crippen LogP contribution in [0.5, 0.6) is 0 Å². The van der Waals surface area contributed by atoms with Gasteiger partial charge in [0.25, 0.3) is 5.91 Å². The van der Waals surface area contributed by atoms with Crippen LogP contribution in [0.15, 0.2) is 12.4 Å². The number of nitrogens with one attached hydrogen (secondary N) is 1. The molecule has 2 heterocycles. The van der Waals surface area contributed by atoms with Crippen molar-refractivity contribution in [2.75, 3.05) is 19.0 Å². The molecular formula is C12H17N3O5. The predicted octanol–water partition coefficient (Wildman–Crippen LogP) is 0.100. The molecule has 0 aliphatic carbocycles. The van der Waals surface area contributed by atoms with E-state index in [2.05, 4.69) is 10.4 Å². The van der Waals surface area contributed by atoms with E-state index in [1.54, 1.807) is 18.0 Å². The van der Waals surface area contributed by atoms with Gasteiger partial charge in [-0.3, -0.25) is 9.48 Å². The van der Waals surface area contributed by atoms with Crippen molar-refractivity contribution in [3.05, 3.63) is 12.4 Å². The number of ether oxygens (including phenoxy) is 2. The normalized spacial score (nSPS) is 21.9. The Labute approximate surface area is 115 Å². The van der Waals surface area contributed by atoms with Crippen LogP contribution < -0.4 is 5.32 Å². The molecule has 1 aromatic heterocycles. The Hall–Kier alpha value is -1.93. The fourth-order valence-corrected chi connectivity index (χ4v) is 1.97. The molecule has 8 heteroatoms. The van der Waals surface area contributed by atoms with Gasteiger partial charge in [-0.05, 0) is 12.8 Å². The largest absolute Gasteiger partial charge is 0.479 e. The van der Waals surface area contributed by atoms with Crippen LogP contribution in [0.25, 0.3) is 0 Å². The third kappa shape index (κ3) is 3.55. The van der Waals surface area contributed by atoms with Crippen molar-refractivity contribution in [2.24, 2.45) is 0 Å². The number of amides is 1. The number of carboxylic acids is 1. The Morgan fingerprint density at radius 1 is 1.55 bits per heavy atom. The van der Waals surface area contributed by atoms with Crippen LogP contribution in [-0.2, 0) is 25.6 Å². The summed E-state index contributed by atoms with van der Waals surface area (Å²) in [5.74, 6) is -1.38. The van der Waals surface area contributed by atoms with Gasteiger partial charge in [-0.25, -0.2) is 4.79 Å². The van der Waals surface area contributed by atoms with Crippen molar-refractivity contribution in [3.63, 3.8) is 0 Å². The number of rotatable bonds is 6. The van der Waals surface area contributed by atoms with Crippen LogP contribution in [0.4, 0.5) is 5.69 Å². The molecule has 0 radical (unpaired) electrons. The summed E-state index contributed by atoms with van der Waals surface area (Å²) in [6.45, 7) is 1.12. The smallest absolute Gasteiger partial charge is 0.332 e. The van der Waals surface area contributed by atoms with Gasteiger partial charge in [0.1, 0.15) is 6.10 Å². The number of anilines is 1. The molecule has 1 aliphatic rings. The Kier molecular flexibility index (Phi) is 4.70. The maximum absolute atomic E-state index is 11.9. The second-order valence-electron chi connectivity index (χ2n) is 4.50. The van der Waals surface area contributed by atoms with Gasteiger partial charge in [0.05, 0.1) is 25.0 Å². The van der Waals surface area contributed by atoms with Crippen LogP contribution >= 0.6 is 0 Å². The van der Waals surface area contributed by atoms with Gasteiger partial charge >= 0.3 is 5.97 Å². The number of aromatic nitrogens is 2. The summed E-state index contributed by atoms with van der Waals surface area (Å²) in [5, 5.41) is 15.5. The maximum Gasteiger partial charge on any atom is 0.332 e. The highest BCUT2D eigenvalue weighted by Gasteiger charge is 2.34. The lowest BCUT2D eigenvalue weighted by atomic mass is 10.2. The third-order valence-corrected chi connectivity index (χ3v) is 3.01. The number of methoxy groups -OCH3 is 1. The first kappa shape index (κ1) is 14.5. The number of aliphatic carboxylic acids is 1. The average molecular weight is 283 g/mol. The number of hydrogen-bond acceptors (Lipinski definition) is 5. The Morgan fingerprint density at radius 2 is 2.30 bits per heavy atom. The first-order valence-electron chi connectivity index (χ1n) is 6.30. The number of hydrogen-bond donors (Lipinski definition) is 2. The summed E-state index contributed by atoms with van der Waals surface area (Å²) in [4.78, 5) is 22.7. The molecule has 1 amide bonds. The standard InChI is InChI=1S/C12H17N3O5/c1-19-5-4-15-7-8(6-13-15)14-11(16)9-2-3-10(20-9)12(17)18/h6-7,9-10H,2-5H2,1H3,(H,14,16)(H,17,18). The molecule has 8 nitrogen and oxygen atoms in total. The van der Waals surface area contributed by atoms with Crippen LogP contribution in [0.2, 0.25) is 0 Å². The van der Waals surface area contributed by atoms with E-state index in [9.17, 15) is 9.59 Å². The van der Waals surface area contributed by atoms with Crippen LogP contribution in [-0.4, -0.2) is 52.7 Å². The van der Waals surface area contributed by atoms with Crippen LogP contribution in [0.1, 0.15) is 12.8 Å². The van der Waals surface area contributed by atoms with E-state index < -0.39 is 18.2 Å². The zero-order valence-electron chi connectivity index (χ0n) is 11.1. The fraction of sp³-hybridized carbons (Fsp3) is 0.583. The minimum Gasteiger partial charge on any atom is -0.479 e. The summed E-state index contributed by atoms with van der Waals surface area (Å²) < 4.78 is 11.7. The van der Waals surface area contributed by atoms with E-state index in [4.69, 9.17) is 14.6 Å². The summed E-state index contributed by atoms with van der Waals surface area (Å²) in [6, 6.07) is 0. The van der Waals surface area contributed by atoms with Gasteiger partial charge in [0.15, 0.2) is 6.10 Å². The molecule has 0 saturated carbocycles. The quantitative estimate of drug-likeness (QED) is 0.767. The molecule has 2 N–H and O–H groups in total. The lowest BCUT2D eigenvalue weighted by Gasteiger charge is -2.10. The number of carbonyl (C=O) groups excluding carboxylic acids is 1.